The largest absolute Gasteiger partial charge is 0.548 e. The van der Waals surface area contributed by atoms with E-state index in [2.05, 4.69) is 29.9 Å². The third-order valence-corrected chi connectivity index (χ3v) is 6.77. The number of rotatable bonds is 30. The molecule has 36 heteroatoms. The molecule has 0 unspecified atom stereocenters. The van der Waals surface area contributed by atoms with E-state index in [1.165, 1.54) is 0 Å². The smallest absolute Gasteiger partial charge is 0.323 e. The first-order valence-electron chi connectivity index (χ1n) is 17.1. The van der Waals surface area contributed by atoms with Gasteiger partial charge in [0, 0.05) is 37.1 Å². The van der Waals surface area contributed by atoms with Gasteiger partial charge in [0.2, 0.25) is 35.7 Å². The van der Waals surface area contributed by atoms with Crippen molar-refractivity contribution in [1.29, 1.82) is 0 Å². The number of nitrogens with zero attached hydrogens (tertiary/aromatic N) is 12. The molecule has 6 N–H and O–H groups in total. The molecule has 0 aliphatic heterocycles. The van der Waals surface area contributed by atoms with Crippen LogP contribution in [-0.2, 0) is 57.5 Å². The van der Waals surface area contributed by atoms with Gasteiger partial charge in [0.1, 0.15) is 39.3 Å². The molecule has 2 rings (SSSR count). The van der Waals surface area contributed by atoms with Crippen molar-refractivity contribution >= 4 is 107 Å². The summed E-state index contributed by atoms with van der Waals surface area (Å²) in [5.74, 6) is -25.0. The monoisotopic (exact) mass is 1030 g/mol. The zero-order chi connectivity index (χ0) is 50.6. The van der Waals surface area contributed by atoms with E-state index in [4.69, 9.17) is 30.6 Å². The molecular formula is C36H49N12O24-. The van der Waals surface area contributed by atoms with E-state index in [-0.39, 0.29) is 44.6 Å². The van der Waals surface area contributed by atoms with Crippen molar-refractivity contribution in [3.8, 4) is 0 Å². The van der Waals surface area contributed by atoms with Crippen molar-refractivity contribution in [3.05, 3.63) is 37.1 Å². The van der Waals surface area contributed by atoms with Crippen LogP contribution in [0.4, 0.5) is 35.7 Å². The second-order valence-electron chi connectivity index (χ2n) is 12.2. The van der Waals surface area contributed by atoms with Crippen molar-refractivity contribution in [1.82, 2.24) is 29.9 Å². The quantitative estimate of drug-likeness (QED) is 0.0396. The molecule has 0 amide bonds. The molecule has 0 aliphatic carbocycles. The Morgan fingerprint density at radius 1 is 0.264 bits per heavy atom. The zero-order valence-corrected chi connectivity index (χ0v) is 37.9. The predicted molar refractivity (Wildman–Crippen MR) is 228 cm³/mol. The van der Waals surface area contributed by atoms with Crippen LogP contribution in [-0.4, -0.2) is 211 Å². The second-order valence-corrected chi connectivity index (χ2v) is 12.2. The van der Waals surface area contributed by atoms with Crippen LogP contribution in [0.25, 0.3) is 0 Å². The minimum Gasteiger partial charge on any atom is -0.548 e. The van der Waals surface area contributed by atoms with Crippen molar-refractivity contribution in [3.63, 3.8) is 0 Å². The first-order chi connectivity index (χ1) is 30.6. The highest BCUT2D eigenvalue weighted by Gasteiger charge is 2.27. The predicted octanol–water partition coefficient (Wildman–Crippen LogP) is -11.5. The lowest BCUT2D eigenvalue weighted by atomic mass is 10.4. The molecular weight excluding hydrogens is 984 g/mol. The van der Waals surface area contributed by atoms with Gasteiger partial charge >= 0.3 is 35.8 Å². The summed E-state index contributed by atoms with van der Waals surface area (Å²) in [7, 11) is 0. The van der Waals surface area contributed by atoms with E-state index < -0.39 is 186 Å². The summed E-state index contributed by atoms with van der Waals surface area (Å²) in [5, 5.41) is 120. The van der Waals surface area contributed by atoms with E-state index in [0.29, 0.717) is 29.4 Å². The Balaban J connectivity index is -0.000000279. The van der Waals surface area contributed by atoms with E-state index in [9.17, 15) is 88.2 Å². The summed E-state index contributed by atoms with van der Waals surface area (Å²) in [6.07, 6.45) is 0. The molecule has 0 radical (unpaired) electrons. The first-order valence-corrected chi connectivity index (χ1v) is 17.1. The number of carbonyl (C=O) groups excluding carboxylic acids is 6. The van der Waals surface area contributed by atoms with Gasteiger partial charge < -0.3 is 119 Å². The number of aromatic nitrogens is 6. The SMILES string of the molecule is C.O=C(O)CN(CC(=O)O)c1nc(N(CC(=O)O)CC(=O)O)nc(N(CC(=O)O)CC(=O)O)n1.O=C([O-])CN(CC(=O)[O-])c1nc(N(CC(=O)[O-])CC(=O)[O-])nc(N(CC(=O)[O-])CC(=O)[O-])n1.[CH3+].[CH3+].[CH3+].[CH3+].[CH3+]. The molecule has 36 nitrogen and oxygen atoms in total. The number of aliphatic carboxylic acids is 12. The van der Waals surface area contributed by atoms with Gasteiger partial charge in [-0.25, -0.2) is 0 Å². The molecule has 0 saturated heterocycles. The highest BCUT2D eigenvalue weighted by molar-refractivity contribution is 5.83. The lowest BCUT2D eigenvalue weighted by Gasteiger charge is -2.30. The average molecular weight is 1030 g/mol. The Kier molecular flexibility index (Phi) is 34.8. The lowest BCUT2D eigenvalue weighted by Crippen LogP contribution is -2.48. The van der Waals surface area contributed by atoms with E-state index in [1.807, 2.05) is 0 Å². The summed E-state index contributed by atoms with van der Waals surface area (Å²) >= 11 is 0. The molecule has 0 fully saturated rings. The van der Waals surface area contributed by atoms with Gasteiger partial charge in [-0.3, -0.25) is 28.8 Å². The van der Waals surface area contributed by atoms with Crippen molar-refractivity contribution in [2.24, 2.45) is 0 Å². The highest BCUT2D eigenvalue weighted by Crippen LogP contribution is 2.21. The van der Waals surface area contributed by atoms with Crippen LogP contribution in [0.15, 0.2) is 0 Å². The van der Waals surface area contributed by atoms with Crippen molar-refractivity contribution in [2.75, 3.05) is 108 Å². The van der Waals surface area contributed by atoms with Crippen LogP contribution in [0.5, 0.6) is 0 Å². The standard InChI is InChI=1S/2C15H18N6O12.CH4.5CH3/c2*22-7(23)1-19(2-8(24)25)13-16-14(20(3-9(26)27)4-10(28)29)18-15(17-13)21(5-11(30)31)6-12(32)33;;;;;;/h2*1-6H2,(H,22,23)(H,24,25)(H,26,27)(H,28,29)(H,30,31)(H,32,33);1H4;5*1H3/q;;;5*+1/p-6. The van der Waals surface area contributed by atoms with Crippen LogP contribution >= 0.6 is 0 Å². The minimum atomic E-state index is -1.84. The van der Waals surface area contributed by atoms with Crippen LogP contribution in [0.2, 0.25) is 0 Å². The fraction of sp³-hybridized carbons (Fsp3) is 0.361. The number of anilines is 6. The molecule has 2 aromatic heterocycles. The van der Waals surface area contributed by atoms with Crippen LogP contribution < -0.4 is 60.0 Å². The third-order valence-electron chi connectivity index (χ3n) is 6.77. The maximum atomic E-state index is 11.1. The Morgan fingerprint density at radius 3 is 0.444 bits per heavy atom. The summed E-state index contributed by atoms with van der Waals surface area (Å²) < 4.78 is 0. The number of carboxylic acids is 12. The average Bonchev–Trinajstić information content (AvgIpc) is 3.14. The van der Waals surface area contributed by atoms with E-state index in [1.54, 1.807) is 0 Å². The molecule has 2 aromatic rings. The Bertz CT molecular complexity index is 1710. The van der Waals surface area contributed by atoms with Gasteiger partial charge in [-0.15, -0.1) is 0 Å². The van der Waals surface area contributed by atoms with Crippen molar-refractivity contribution < 1.29 is 119 Å². The van der Waals surface area contributed by atoms with Gasteiger partial charge in [0.25, 0.3) is 0 Å². The van der Waals surface area contributed by atoms with Crippen LogP contribution in [0, 0.1) is 37.1 Å². The Hall–Kier alpha value is -10.2. The summed E-state index contributed by atoms with van der Waals surface area (Å²) in [6.45, 7) is -13.0. The molecule has 398 valence electrons. The fourth-order valence-electron chi connectivity index (χ4n) is 4.63. The van der Waals surface area contributed by atoms with E-state index >= 15 is 0 Å². The van der Waals surface area contributed by atoms with Crippen molar-refractivity contribution in [2.45, 2.75) is 7.43 Å². The topological polar surface area (TPSA) is 561 Å². The Morgan fingerprint density at radius 2 is 0.361 bits per heavy atom. The van der Waals surface area contributed by atoms with Gasteiger partial charge in [-0.1, -0.05) is 7.43 Å². The maximum Gasteiger partial charge on any atom is 0.323 e. The molecule has 0 saturated carbocycles. The number of hydrogen-bond acceptors (Lipinski definition) is 30. The molecule has 0 spiro atoms. The number of carboxylic acid groups (broad SMARTS) is 12. The fourth-order valence-corrected chi connectivity index (χ4v) is 4.63. The molecule has 72 heavy (non-hydrogen) atoms. The first kappa shape index (κ1) is 73.4. The number of carbonyl (C=O) groups is 12. The van der Waals surface area contributed by atoms with Crippen LogP contribution in [0.1, 0.15) is 7.43 Å². The summed E-state index contributed by atoms with van der Waals surface area (Å²) in [6, 6.07) is 0. The van der Waals surface area contributed by atoms with E-state index in [0.717, 1.165) is 0 Å². The molecule has 0 aliphatic rings. The molecule has 2 heterocycles. The normalized spacial score (nSPS) is 9.33. The van der Waals surface area contributed by atoms with Gasteiger partial charge in [0.05, 0.1) is 75.1 Å². The second kappa shape index (κ2) is 34.2. The minimum absolute atomic E-state index is 0. The summed E-state index contributed by atoms with van der Waals surface area (Å²) in [4.78, 5) is 158. The third kappa shape index (κ3) is 28.1. The number of hydrogen-bond donors (Lipinski definition) is 6. The summed E-state index contributed by atoms with van der Waals surface area (Å²) in [5.41, 5.74) is 0. The highest BCUT2D eigenvalue weighted by atomic mass is 16.4. The van der Waals surface area contributed by atoms with Crippen LogP contribution in [0.3, 0.4) is 0 Å². The zero-order valence-electron chi connectivity index (χ0n) is 37.9. The van der Waals surface area contributed by atoms with Gasteiger partial charge in [-0.05, 0) is 0 Å². The molecule has 0 atom stereocenters. The Labute approximate surface area is 408 Å². The maximum absolute atomic E-state index is 11.1. The molecule has 0 bridgehead atoms. The molecule has 0 aromatic carbocycles. The van der Waals surface area contributed by atoms with Gasteiger partial charge in [0.15, 0.2) is 0 Å². The van der Waals surface area contributed by atoms with Gasteiger partial charge in [-0.2, -0.15) is 29.9 Å². The lowest BCUT2D eigenvalue weighted by molar-refractivity contribution is -0.307.